The molecular formula is C11H15NS. The van der Waals surface area contributed by atoms with Crippen molar-refractivity contribution in [3.05, 3.63) is 29.3 Å². The van der Waals surface area contributed by atoms with E-state index in [1.807, 2.05) is 18.8 Å². The van der Waals surface area contributed by atoms with E-state index in [1.54, 1.807) is 0 Å². The standard InChI is InChI=1S/C11H15NS/c1-7-5-4-6-9-10(12-3)8(2)13-11(7)9/h4-6,8,10,12H,1-3H3. The van der Waals surface area contributed by atoms with Crippen LogP contribution in [0.2, 0.25) is 0 Å². The molecule has 13 heavy (non-hydrogen) atoms. The molecule has 1 nitrogen and oxygen atoms in total. The van der Waals surface area contributed by atoms with Gasteiger partial charge in [-0.1, -0.05) is 25.1 Å². The van der Waals surface area contributed by atoms with E-state index in [1.165, 1.54) is 16.0 Å². The molecule has 1 N–H and O–H groups in total. The number of thioether (sulfide) groups is 1. The summed E-state index contributed by atoms with van der Waals surface area (Å²) >= 11 is 1.99. The van der Waals surface area contributed by atoms with Crippen molar-refractivity contribution in [2.45, 2.75) is 30.0 Å². The van der Waals surface area contributed by atoms with Crippen molar-refractivity contribution < 1.29 is 0 Å². The fourth-order valence-electron chi connectivity index (χ4n) is 1.98. The molecule has 0 saturated carbocycles. The van der Waals surface area contributed by atoms with Crippen LogP contribution in [0, 0.1) is 6.92 Å². The topological polar surface area (TPSA) is 12.0 Å². The number of rotatable bonds is 1. The Morgan fingerprint density at radius 2 is 2.15 bits per heavy atom. The minimum atomic E-state index is 0.528. The Morgan fingerprint density at radius 1 is 1.38 bits per heavy atom. The third-order valence-electron chi connectivity index (χ3n) is 2.66. The highest BCUT2D eigenvalue weighted by molar-refractivity contribution is 8.00. The van der Waals surface area contributed by atoms with Crippen LogP contribution in [0.25, 0.3) is 0 Å². The van der Waals surface area contributed by atoms with E-state index in [0.29, 0.717) is 11.3 Å². The highest BCUT2D eigenvalue weighted by Gasteiger charge is 2.29. The molecule has 1 aliphatic heterocycles. The lowest BCUT2D eigenvalue weighted by molar-refractivity contribution is 0.595. The van der Waals surface area contributed by atoms with E-state index in [-0.39, 0.29) is 0 Å². The van der Waals surface area contributed by atoms with Gasteiger partial charge in [-0.05, 0) is 25.1 Å². The second-order valence-electron chi connectivity index (χ2n) is 3.58. The van der Waals surface area contributed by atoms with Gasteiger partial charge in [-0.25, -0.2) is 0 Å². The normalized spacial score (nSPS) is 26.1. The van der Waals surface area contributed by atoms with Crippen LogP contribution in [0.4, 0.5) is 0 Å². The number of nitrogens with one attached hydrogen (secondary N) is 1. The van der Waals surface area contributed by atoms with Crippen LogP contribution in [0.3, 0.4) is 0 Å². The maximum atomic E-state index is 3.38. The molecule has 0 spiro atoms. The number of hydrogen-bond acceptors (Lipinski definition) is 2. The second-order valence-corrected chi connectivity index (χ2v) is 4.97. The zero-order chi connectivity index (χ0) is 9.42. The van der Waals surface area contributed by atoms with Gasteiger partial charge in [0.2, 0.25) is 0 Å². The molecule has 0 saturated heterocycles. The van der Waals surface area contributed by atoms with E-state index in [2.05, 4.69) is 37.4 Å². The Morgan fingerprint density at radius 3 is 2.85 bits per heavy atom. The predicted molar refractivity (Wildman–Crippen MR) is 58.3 cm³/mol. The molecule has 1 heterocycles. The molecule has 70 valence electrons. The van der Waals surface area contributed by atoms with Gasteiger partial charge in [-0.15, -0.1) is 11.8 Å². The maximum Gasteiger partial charge on any atom is 0.0450 e. The molecule has 2 rings (SSSR count). The lowest BCUT2D eigenvalue weighted by Crippen LogP contribution is -2.21. The summed E-state index contributed by atoms with van der Waals surface area (Å²) in [5.41, 5.74) is 2.88. The number of hydrogen-bond donors (Lipinski definition) is 1. The zero-order valence-corrected chi connectivity index (χ0v) is 9.11. The van der Waals surface area contributed by atoms with E-state index in [9.17, 15) is 0 Å². The fraction of sp³-hybridized carbons (Fsp3) is 0.455. The van der Waals surface area contributed by atoms with Crippen LogP contribution in [-0.4, -0.2) is 12.3 Å². The second kappa shape index (κ2) is 3.35. The van der Waals surface area contributed by atoms with E-state index < -0.39 is 0 Å². The lowest BCUT2D eigenvalue weighted by Gasteiger charge is -2.13. The van der Waals surface area contributed by atoms with Gasteiger partial charge in [0, 0.05) is 16.2 Å². The van der Waals surface area contributed by atoms with Crippen molar-refractivity contribution in [1.29, 1.82) is 0 Å². The molecule has 0 aliphatic carbocycles. The predicted octanol–water partition coefficient (Wildman–Crippen LogP) is 2.75. The van der Waals surface area contributed by atoms with Crippen LogP contribution < -0.4 is 5.32 Å². The monoisotopic (exact) mass is 193 g/mol. The molecule has 1 aromatic carbocycles. The third-order valence-corrected chi connectivity index (χ3v) is 4.10. The molecule has 0 radical (unpaired) electrons. The first-order chi connectivity index (χ1) is 6.24. The number of aryl methyl sites for hydroxylation is 1. The molecular weight excluding hydrogens is 178 g/mol. The van der Waals surface area contributed by atoms with Gasteiger partial charge in [0.15, 0.2) is 0 Å². The van der Waals surface area contributed by atoms with Crippen molar-refractivity contribution in [3.8, 4) is 0 Å². The first kappa shape index (κ1) is 9.10. The molecule has 1 aliphatic rings. The van der Waals surface area contributed by atoms with Gasteiger partial charge in [-0.3, -0.25) is 0 Å². The van der Waals surface area contributed by atoms with Gasteiger partial charge >= 0.3 is 0 Å². The molecule has 2 unspecified atom stereocenters. The van der Waals surface area contributed by atoms with Gasteiger partial charge in [0.25, 0.3) is 0 Å². The summed E-state index contributed by atoms with van der Waals surface area (Å²) < 4.78 is 0. The van der Waals surface area contributed by atoms with Crippen molar-refractivity contribution in [2.24, 2.45) is 0 Å². The van der Waals surface area contributed by atoms with E-state index >= 15 is 0 Å². The molecule has 0 bridgehead atoms. The summed E-state index contributed by atoms with van der Waals surface area (Å²) in [6.07, 6.45) is 0. The number of benzene rings is 1. The van der Waals surface area contributed by atoms with Crippen molar-refractivity contribution in [3.63, 3.8) is 0 Å². The summed E-state index contributed by atoms with van der Waals surface area (Å²) in [7, 11) is 2.04. The van der Waals surface area contributed by atoms with Gasteiger partial charge in [-0.2, -0.15) is 0 Å². The van der Waals surface area contributed by atoms with Crippen LogP contribution in [0.5, 0.6) is 0 Å². The molecule has 0 aromatic heterocycles. The SMILES string of the molecule is CNC1c2cccc(C)c2SC1C. The average molecular weight is 193 g/mol. The Balaban J connectivity index is 2.48. The summed E-state index contributed by atoms with van der Waals surface area (Å²) in [5, 5.41) is 4.03. The van der Waals surface area contributed by atoms with E-state index in [4.69, 9.17) is 0 Å². The summed E-state index contributed by atoms with van der Waals surface area (Å²) in [6.45, 7) is 4.47. The van der Waals surface area contributed by atoms with Gasteiger partial charge in [0.1, 0.15) is 0 Å². The lowest BCUT2D eigenvalue weighted by atomic mass is 10.0. The third kappa shape index (κ3) is 1.38. The highest BCUT2D eigenvalue weighted by atomic mass is 32.2. The van der Waals surface area contributed by atoms with Crippen LogP contribution in [-0.2, 0) is 0 Å². The summed E-state index contributed by atoms with van der Waals surface area (Å²) in [6, 6.07) is 7.10. The smallest absolute Gasteiger partial charge is 0.0450 e. The Hall–Kier alpha value is -0.470. The van der Waals surface area contributed by atoms with Crippen LogP contribution in [0.1, 0.15) is 24.1 Å². The maximum absolute atomic E-state index is 3.38. The highest BCUT2D eigenvalue weighted by Crippen LogP contribution is 2.44. The Labute approximate surface area is 83.9 Å². The quantitative estimate of drug-likeness (QED) is 0.736. The minimum absolute atomic E-state index is 0.528. The largest absolute Gasteiger partial charge is 0.312 e. The molecule has 1 aromatic rings. The minimum Gasteiger partial charge on any atom is -0.312 e. The first-order valence-electron chi connectivity index (χ1n) is 4.67. The van der Waals surface area contributed by atoms with Gasteiger partial charge in [0.05, 0.1) is 0 Å². The average Bonchev–Trinajstić information content (AvgIpc) is 2.43. The van der Waals surface area contributed by atoms with Crippen LogP contribution in [0.15, 0.2) is 23.1 Å². The van der Waals surface area contributed by atoms with Crippen molar-refractivity contribution in [1.82, 2.24) is 5.32 Å². The molecule has 2 atom stereocenters. The zero-order valence-electron chi connectivity index (χ0n) is 8.29. The molecule has 2 heteroatoms. The number of fused-ring (bicyclic) bond motifs is 1. The fourth-order valence-corrected chi connectivity index (χ4v) is 3.35. The summed E-state index contributed by atoms with van der Waals surface area (Å²) in [5.74, 6) is 0. The van der Waals surface area contributed by atoms with E-state index in [0.717, 1.165) is 0 Å². The summed E-state index contributed by atoms with van der Waals surface area (Å²) in [4.78, 5) is 1.48. The Bertz CT molecular complexity index is 322. The molecule has 0 amide bonds. The van der Waals surface area contributed by atoms with Gasteiger partial charge < -0.3 is 5.32 Å². The molecule has 0 fully saturated rings. The van der Waals surface area contributed by atoms with Crippen molar-refractivity contribution in [2.75, 3.05) is 7.05 Å². The van der Waals surface area contributed by atoms with Crippen LogP contribution >= 0.6 is 11.8 Å². The first-order valence-corrected chi connectivity index (χ1v) is 5.55. The Kier molecular flexibility index (Phi) is 2.35. The van der Waals surface area contributed by atoms with Crippen molar-refractivity contribution >= 4 is 11.8 Å².